The number of rotatable bonds is 9. The van der Waals surface area contributed by atoms with Crippen LogP contribution in [0.25, 0.3) is 105 Å². The Labute approximate surface area is 408 Å². The molecule has 0 radical (unpaired) electrons. The Morgan fingerprint density at radius 3 is 1.23 bits per heavy atom. The molecule has 1 aromatic heterocycles. The van der Waals surface area contributed by atoms with Crippen molar-refractivity contribution in [3.63, 3.8) is 0 Å². The van der Waals surface area contributed by atoms with Gasteiger partial charge in [-0.25, -0.2) is 0 Å². The van der Waals surface area contributed by atoms with Crippen LogP contribution in [0, 0.1) is 0 Å². The predicted molar refractivity (Wildman–Crippen MR) is 298 cm³/mol. The average molecular weight is 891 g/mol. The SMILES string of the molecule is c1ccc(-c2ccc(N(c3ccc(-c4ccc(-c5cccc6ccccc56)cc4)cc3)c3ccc(-c4cccc(-c5ccccc5)c4-n4c5ccccc5c5c6ccccc6ccc54)cc3)cc2)cc1. The van der Waals surface area contributed by atoms with E-state index in [1.165, 1.54) is 93.4 Å². The van der Waals surface area contributed by atoms with E-state index in [1.807, 2.05) is 0 Å². The number of para-hydroxylation sites is 2. The molecule has 0 spiro atoms. The molecule has 12 aromatic carbocycles. The highest BCUT2D eigenvalue weighted by Gasteiger charge is 2.22. The van der Waals surface area contributed by atoms with E-state index >= 15 is 0 Å². The Bertz CT molecular complexity index is 4000. The minimum Gasteiger partial charge on any atom is -0.311 e. The van der Waals surface area contributed by atoms with Crippen molar-refractivity contribution >= 4 is 60.4 Å². The molecule has 0 unspecified atom stereocenters. The predicted octanol–water partition coefficient (Wildman–Crippen LogP) is 18.9. The maximum atomic E-state index is 2.50. The van der Waals surface area contributed by atoms with E-state index in [1.54, 1.807) is 0 Å². The largest absolute Gasteiger partial charge is 0.311 e. The zero-order valence-electron chi connectivity index (χ0n) is 38.5. The van der Waals surface area contributed by atoms with E-state index in [0.717, 1.165) is 28.3 Å². The Kier molecular flexibility index (Phi) is 10.2. The first-order valence-electron chi connectivity index (χ1n) is 24.1. The summed E-state index contributed by atoms with van der Waals surface area (Å²) in [5.74, 6) is 0. The third-order valence-corrected chi connectivity index (χ3v) is 14.0. The molecule has 1 heterocycles. The molecule has 0 saturated heterocycles. The molecular formula is C68H46N2. The van der Waals surface area contributed by atoms with Crippen molar-refractivity contribution in [2.45, 2.75) is 0 Å². The molecule has 0 saturated carbocycles. The summed E-state index contributed by atoms with van der Waals surface area (Å²) in [7, 11) is 0. The number of nitrogens with zero attached hydrogens (tertiary/aromatic N) is 2. The molecule has 2 heteroatoms. The fourth-order valence-electron chi connectivity index (χ4n) is 10.6. The van der Waals surface area contributed by atoms with Crippen LogP contribution in [0.1, 0.15) is 0 Å². The fourth-order valence-corrected chi connectivity index (χ4v) is 10.6. The van der Waals surface area contributed by atoms with E-state index in [0.29, 0.717) is 0 Å². The van der Waals surface area contributed by atoms with Crippen LogP contribution in [0.3, 0.4) is 0 Å². The molecule has 0 N–H and O–H groups in total. The van der Waals surface area contributed by atoms with Crippen molar-refractivity contribution in [3.05, 3.63) is 279 Å². The van der Waals surface area contributed by atoms with Crippen LogP contribution in [-0.4, -0.2) is 4.57 Å². The highest BCUT2D eigenvalue weighted by Crippen LogP contribution is 2.44. The summed E-state index contributed by atoms with van der Waals surface area (Å²) in [6.07, 6.45) is 0. The zero-order valence-corrected chi connectivity index (χ0v) is 38.5. The molecule has 0 fully saturated rings. The van der Waals surface area contributed by atoms with E-state index in [9.17, 15) is 0 Å². The highest BCUT2D eigenvalue weighted by atomic mass is 15.1. The number of hydrogen-bond donors (Lipinski definition) is 0. The molecule has 2 nitrogen and oxygen atoms in total. The molecule has 0 aliphatic rings. The maximum Gasteiger partial charge on any atom is 0.0618 e. The van der Waals surface area contributed by atoms with Gasteiger partial charge in [-0.15, -0.1) is 0 Å². The van der Waals surface area contributed by atoms with Crippen molar-refractivity contribution in [1.82, 2.24) is 4.57 Å². The van der Waals surface area contributed by atoms with Gasteiger partial charge >= 0.3 is 0 Å². The number of benzene rings is 12. The highest BCUT2D eigenvalue weighted by molar-refractivity contribution is 6.22. The van der Waals surface area contributed by atoms with Gasteiger partial charge in [0.2, 0.25) is 0 Å². The number of aromatic nitrogens is 1. The third-order valence-electron chi connectivity index (χ3n) is 14.0. The molecule has 0 bridgehead atoms. The van der Waals surface area contributed by atoms with Crippen molar-refractivity contribution in [2.24, 2.45) is 0 Å². The Morgan fingerprint density at radius 1 is 0.229 bits per heavy atom. The lowest BCUT2D eigenvalue weighted by Crippen LogP contribution is -2.10. The van der Waals surface area contributed by atoms with Crippen molar-refractivity contribution < 1.29 is 0 Å². The van der Waals surface area contributed by atoms with Gasteiger partial charge < -0.3 is 9.47 Å². The second kappa shape index (κ2) is 17.4. The first-order chi connectivity index (χ1) is 34.7. The molecule has 0 aliphatic heterocycles. The van der Waals surface area contributed by atoms with Gasteiger partial charge in [0.05, 0.1) is 16.7 Å². The number of anilines is 3. The lowest BCUT2D eigenvalue weighted by molar-refractivity contribution is 1.18. The maximum absolute atomic E-state index is 2.50. The summed E-state index contributed by atoms with van der Waals surface area (Å²) in [6.45, 7) is 0. The van der Waals surface area contributed by atoms with E-state index in [-0.39, 0.29) is 0 Å². The zero-order chi connectivity index (χ0) is 46.4. The molecule has 0 amide bonds. The van der Waals surface area contributed by atoms with Gasteiger partial charge in [-0.05, 0) is 115 Å². The lowest BCUT2D eigenvalue weighted by atomic mass is 9.95. The van der Waals surface area contributed by atoms with Crippen molar-refractivity contribution in [3.8, 4) is 61.3 Å². The quantitative estimate of drug-likeness (QED) is 0.140. The number of hydrogen-bond acceptors (Lipinski definition) is 1. The van der Waals surface area contributed by atoms with Crippen LogP contribution in [0.15, 0.2) is 279 Å². The minimum absolute atomic E-state index is 1.08. The Hall–Kier alpha value is -9.24. The van der Waals surface area contributed by atoms with Crippen LogP contribution in [-0.2, 0) is 0 Å². The Morgan fingerprint density at radius 2 is 0.614 bits per heavy atom. The minimum atomic E-state index is 1.08. The normalized spacial score (nSPS) is 11.4. The molecule has 0 aliphatic carbocycles. The second-order valence-corrected chi connectivity index (χ2v) is 18.0. The first kappa shape index (κ1) is 41.0. The summed E-state index contributed by atoms with van der Waals surface area (Å²) in [5.41, 5.74) is 18.7. The molecule has 13 aromatic rings. The van der Waals surface area contributed by atoms with E-state index in [2.05, 4.69) is 289 Å². The topological polar surface area (TPSA) is 8.17 Å². The summed E-state index contributed by atoms with van der Waals surface area (Å²) in [4.78, 5) is 2.37. The van der Waals surface area contributed by atoms with Crippen molar-refractivity contribution in [2.75, 3.05) is 4.90 Å². The molecule has 0 atom stereocenters. The number of fused-ring (bicyclic) bond motifs is 6. The molecular weight excluding hydrogens is 845 g/mol. The van der Waals surface area contributed by atoms with Crippen LogP contribution in [0.4, 0.5) is 17.1 Å². The monoisotopic (exact) mass is 890 g/mol. The van der Waals surface area contributed by atoms with E-state index < -0.39 is 0 Å². The van der Waals surface area contributed by atoms with Gasteiger partial charge in [0, 0.05) is 39.0 Å². The molecule has 328 valence electrons. The first-order valence-corrected chi connectivity index (χ1v) is 24.1. The van der Waals surface area contributed by atoms with Crippen LogP contribution >= 0.6 is 0 Å². The summed E-state index contributed by atoms with van der Waals surface area (Å²) in [5, 5.41) is 7.55. The summed E-state index contributed by atoms with van der Waals surface area (Å²) < 4.78 is 2.50. The fraction of sp³-hybridized carbons (Fsp3) is 0. The van der Waals surface area contributed by atoms with Gasteiger partial charge in [0.1, 0.15) is 0 Å². The van der Waals surface area contributed by atoms with E-state index in [4.69, 9.17) is 0 Å². The summed E-state index contributed by atoms with van der Waals surface area (Å²) >= 11 is 0. The molecule has 70 heavy (non-hydrogen) atoms. The average Bonchev–Trinajstić information content (AvgIpc) is 3.78. The van der Waals surface area contributed by atoms with Crippen LogP contribution < -0.4 is 4.90 Å². The van der Waals surface area contributed by atoms with Gasteiger partial charge in [-0.2, -0.15) is 0 Å². The van der Waals surface area contributed by atoms with Gasteiger partial charge in [-0.3, -0.25) is 0 Å². The van der Waals surface area contributed by atoms with Gasteiger partial charge in [0.15, 0.2) is 0 Å². The smallest absolute Gasteiger partial charge is 0.0618 e. The van der Waals surface area contributed by atoms with Crippen LogP contribution in [0.5, 0.6) is 0 Å². The van der Waals surface area contributed by atoms with Gasteiger partial charge in [-0.1, -0.05) is 231 Å². The van der Waals surface area contributed by atoms with Crippen molar-refractivity contribution in [1.29, 1.82) is 0 Å². The van der Waals surface area contributed by atoms with Crippen LogP contribution in [0.2, 0.25) is 0 Å². The Balaban J connectivity index is 0.917. The molecule has 13 rings (SSSR count). The lowest BCUT2D eigenvalue weighted by Gasteiger charge is -2.26. The summed E-state index contributed by atoms with van der Waals surface area (Å²) in [6, 6.07) is 102. The standard InChI is InChI=1S/C68H46N2/c1-3-15-47(16-4-1)49-33-40-56(41-34-49)69(57-42-35-50(36-43-57)48-29-31-54(32-30-48)60-25-13-21-51-19-7-9-22-59(51)60)58-44-37-55(38-45-58)63-27-14-26-62(52-17-5-2-6-18-52)68(63)70-65-28-12-11-24-64(65)67-61-23-10-8-20-53(61)39-46-66(67)70/h1-46H. The second-order valence-electron chi connectivity index (χ2n) is 18.0. The third kappa shape index (κ3) is 7.22. The van der Waals surface area contributed by atoms with Gasteiger partial charge in [0.25, 0.3) is 0 Å².